The van der Waals surface area contributed by atoms with Crippen molar-refractivity contribution in [3.63, 3.8) is 0 Å². The largest absolute Gasteiger partial charge is 0.493 e. The third kappa shape index (κ3) is 3.84. The Balaban J connectivity index is 2.39. The van der Waals surface area contributed by atoms with Crippen molar-refractivity contribution in [3.05, 3.63) is 27.9 Å². The van der Waals surface area contributed by atoms with Crippen molar-refractivity contribution >= 4 is 55.0 Å². The number of thioether (sulfide) groups is 2. The van der Waals surface area contributed by atoms with Gasteiger partial charge in [-0.05, 0) is 41.3 Å². The van der Waals surface area contributed by atoms with Crippen LogP contribution in [0.25, 0.3) is 6.08 Å². The van der Waals surface area contributed by atoms with Crippen LogP contribution in [0.4, 0.5) is 0 Å². The van der Waals surface area contributed by atoms with Gasteiger partial charge in [-0.1, -0.05) is 34.6 Å². The fourth-order valence-corrected chi connectivity index (χ4v) is 3.88. The number of halogens is 1. The second-order valence-corrected chi connectivity index (χ2v) is 7.29. The summed E-state index contributed by atoms with van der Waals surface area (Å²) in [4.78, 5) is 16.3. The summed E-state index contributed by atoms with van der Waals surface area (Å²) in [5, 5.41) is -0.0346. The minimum absolute atomic E-state index is 0.0346. The number of carbonyl (C=O) groups excluding carboxylic acids is 1. The molecule has 7 heteroatoms. The van der Waals surface area contributed by atoms with Crippen LogP contribution in [0.3, 0.4) is 0 Å². The highest BCUT2D eigenvalue weighted by Gasteiger charge is 2.22. The molecule has 0 atom stereocenters. The quantitative estimate of drug-likeness (QED) is 0.724. The van der Waals surface area contributed by atoms with Crippen LogP contribution in [0.5, 0.6) is 11.5 Å². The predicted molar refractivity (Wildman–Crippen MR) is 93.4 cm³/mol. The first-order chi connectivity index (χ1) is 10.1. The highest BCUT2D eigenvalue weighted by Crippen LogP contribution is 2.36. The molecule has 0 saturated carbocycles. The molecule has 0 fully saturated rings. The highest BCUT2D eigenvalue weighted by atomic mass is 79.9. The molecule has 0 aromatic heterocycles. The molecule has 0 unspecified atom stereocenters. The fourth-order valence-electron chi connectivity index (χ4n) is 1.70. The van der Waals surface area contributed by atoms with Gasteiger partial charge in [0.05, 0.1) is 14.2 Å². The molecule has 21 heavy (non-hydrogen) atoms. The zero-order valence-electron chi connectivity index (χ0n) is 11.8. The summed E-state index contributed by atoms with van der Waals surface area (Å²) in [5.74, 6) is 2.13. The van der Waals surface area contributed by atoms with Crippen LogP contribution in [0.15, 0.2) is 27.3 Å². The standard InChI is InChI=1S/C14H14BrNO3S2/c1-4-20-14-16-10(13(17)21-14)5-8-6-11(18-2)12(19-3)7-9(8)15/h5-7H,4H2,1-3H3. The maximum atomic E-state index is 11.9. The van der Waals surface area contributed by atoms with Gasteiger partial charge >= 0.3 is 0 Å². The fraction of sp³-hybridized carbons (Fsp3) is 0.286. The SMILES string of the molecule is CCSC1=NC(=Cc2cc(OC)c(OC)cc2Br)C(=O)S1. The van der Waals surface area contributed by atoms with E-state index in [-0.39, 0.29) is 5.12 Å². The second-order valence-electron chi connectivity index (χ2n) is 3.96. The van der Waals surface area contributed by atoms with E-state index in [0.29, 0.717) is 17.2 Å². The number of hydrogen-bond acceptors (Lipinski definition) is 6. The number of rotatable bonds is 4. The lowest BCUT2D eigenvalue weighted by Gasteiger charge is -2.09. The second kappa shape index (κ2) is 7.38. The van der Waals surface area contributed by atoms with Crippen molar-refractivity contribution in [2.75, 3.05) is 20.0 Å². The third-order valence-corrected chi connectivity index (χ3v) is 5.24. The molecule has 0 bridgehead atoms. The summed E-state index contributed by atoms with van der Waals surface area (Å²) in [6, 6.07) is 3.62. The smallest absolute Gasteiger partial charge is 0.244 e. The van der Waals surface area contributed by atoms with E-state index >= 15 is 0 Å². The van der Waals surface area contributed by atoms with Crippen LogP contribution in [-0.2, 0) is 4.79 Å². The van der Waals surface area contributed by atoms with E-state index < -0.39 is 0 Å². The normalized spacial score (nSPS) is 16.3. The number of hydrogen-bond donors (Lipinski definition) is 0. The number of aliphatic imine (C=N–C) groups is 1. The molecule has 1 aliphatic rings. The lowest BCUT2D eigenvalue weighted by atomic mass is 10.1. The van der Waals surface area contributed by atoms with E-state index in [1.165, 1.54) is 11.8 Å². The molecule has 112 valence electrons. The van der Waals surface area contributed by atoms with Gasteiger partial charge in [0.2, 0.25) is 5.12 Å². The Kier molecular flexibility index (Phi) is 5.78. The van der Waals surface area contributed by atoms with Crippen molar-refractivity contribution < 1.29 is 14.3 Å². The van der Waals surface area contributed by atoms with Crippen LogP contribution in [0.1, 0.15) is 12.5 Å². The van der Waals surface area contributed by atoms with Gasteiger partial charge in [0.25, 0.3) is 0 Å². The summed E-state index contributed by atoms with van der Waals surface area (Å²) >= 11 is 6.22. The van der Waals surface area contributed by atoms with Crippen molar-refractivity contribution in [2.24, 2.45) is 4.99 Å². The van der Waals surface area contributed by atoms with Gasteiger partial charge in [0, 0.05) is 4.47 Å². The zero-order chi connectivity index (χ0) is 15.4. The average Bonchev–Trinajstić information content (AvgIpc) is 2.81. The topological polar surface area (TPSA) is 47.9 Å². The monoisotopic (exact) mass is 387 g/mol. The molecule has 1 aliphatic heterocycles. The van der Waals surface area contributed by atoms with E-state index in [2.05, 4.69) is 20.9 Å². The lowest BCUT2D eigenvalue weighted by molar-refractivity contribution is -0.107. The Bertz CT molecular complexity index is 629. The molecule has 2 rings (SSSR count). The number of ether oxygens (including phenoxy) is 2. The van der Waals surface area contributed by atoms with Crippen LogP contribution in [0, 0.1) is 0 Å². The maximum absolute atomic E-state index is 11.9. The van der Waals surface area contributed by atoms with Crippen LogP contribution < -0.4 is 9.47 Å². The molecular formula is C14H14BrNO3S2. The zero-order valence-corrected chi connectivity index (χ0v) is 15.0. The van der Waals surface area contributed by atoms with E-state index in [1.807, 2.05) is 19.1 Å². The van der Waals surface area contributed by atoms with Crippen molar-refractivity contribution in [1.82, 2.24) is 0 Å². The van der Waals surface area contributed by atoms with E-state index in [4.69, 9.17) is 9.47 Å². The molecule has 4 nitrogen and oxygen atoms in total. The van der Waals surface area contributed by atoms with Gasteiger partial charge < -0.3 is 9.47 Å². The van der Waals surface area contributed by atoms with Gasteiger partial charge in [0.1, 0.15) is 10.1 Å². The summed E-state index contributed by atoms with van der Waals surface area (Å²) in [6.07, 6.45) is 1.75. The molecule has 0 radical (unpaired) electrons. The molecule has 0 spiro atoms. The van der Waals surface area contributed by atoms with Crippen molar-refractivity contribution in [2.45, 2.75) is 6.92 Å². The van der Waals surface area contributed by atoms with Crippen molar-refractivity contribution in [3.8, 4) is 11.5 Å². The van der Waals surface area contributed by atoms with Crippen LogP contribution in [-0.4, -0.2) is 29.5 Å². The summed E-state index contributed by atoms with van der Waals surface area (Å²) in [7, 11) is 3.16. The summed E-state index contributed by atoms with van der Waals surface area (Å²) < 4.78 is 12.1. The molecule has 0 aliphatic carbocycles. The van der Waals surface area contributed by atoms with Gasteiger partial charge in [-0.2, -0.15) is 0 Å². The Morgan fingerprint density at radius 3 is 2.62 bits per heavy atom. The summed E-state index contributed by atoms with van der Waals surface area (Å²) in [5.41, 5.74) is 1.27. The minimum atomic E-state index is -0.0346. The van der Waals surface area contributed by atoms with E-state index in [1.54, 1.807) is 32.1 Å². The number of carbonyl (C=O) groups is 1. The molecule has 1 heterocycles. The first-order valence-corrected chi connectivity index (χ1v) is 8.75. The molecule has 0 saturated heterocycles. The number of methoxy groups -OCH3 is 2. The van der Waals surface area contributed by atoms with Gasteiger partial charge in [0.15, 0.2) is 11.5 Å². The van der Waals surface area contributed by atoms with Gasteiger partial charge in [-0.15, -0.1) is 0 Å². The highest BCUT2D eigenvalue weighted by molar-refractivity contribution is 9.10. The van der Waals surface area contributed by atoms with Crippen LogP contribution >= 0.6 is 39.5 Å². The predicted octanol–water partition coefficient (Wildman–Crippen LogP) is 4.19. The van der Waals surface area contributed by atoms with Gasteiger partial charge in [-0.3, -0.25) is 4.79 Å². The van der Waals surface area contributed by atoms with E-state index in [0.717, 1.165) is 20.2 Å². The number of benzene rings is 1. The Morgan fingerprint density at radius 2 is 2.00 bits per heavy atom. The Morgan fingerprint density at radius 1 is 1.33 bits per heavy atom. The first-order valence-electron chi connectivity index (χ1n) is 6.16. The molecule has 1 aromatic carbocycles. The van der Waals surface area contributed by atoms with E-state index in [9.17, 15) is 4.79 Å². The Hall–Kier alpha value is -0.920. The molecule has 0 amide bonds. The minimum Gasteiger partial charge on any atom is -0.493 e. The molecule has 0 N–H and O–H groups in total. The number of nitrogens with zero attached hydrogens (tertiary/aromatic N) is 1. The Labute approximate surface area is 140 Å². The summed E-state index contributed by atoms with van der Waals surface area (Å²) in [6.45, 7) is 2.03. The molecular weight excluding hydrogens is 374 g/mol. The molecule has 1 aromatic rings. The first kappa shape index (κ1) is 16.5. The van der Waals surface area contributed by atoms with Crippen LogP contribution in [0.2, 0.25) is 0 Å². The van der Waals surface area contributed by atoms with Gasteiger partial charge in [-0.25, -0.2) is 4.99 Å². The third-order valence-electron chi connectivity index (χ3n) is 2.66. The lowest BCUT2D eigenvalue weighted by Crippen LogP contribution is -1.93. The average molecular weight is 388 g/mol. The maximum Gasteiger partial charge on any atom is 0.244 e. The van der Waals surface area contributed by atoms with Crippen molar-refractivity contribution in [1.29, 1.82) is 0 Å².